The van der Waals surface area contributed by atoms with Gasteiger partial charge in [-0.2, -0.15) is 0 Å². The number of carbonyl (C=O) groups is 1. The van der Waals surface area contributed by atoms with E-state index in [4.69, 9.17) is 16.7 Å². The first kappa shape index (κ1) is 10.2. The van der Waals surface area contributed by atoms with Crippen LogP contribution < -0.4 is 5.32 Å². The van der Waals surface area contributed by atoms with Crippen molar-refractivity contribution in [3.63, 3.8) is 0 Å². The molecule has 5 nitrogen and oxygen atoms in total. The van der Waals surface area contributed by atoms with Crippen LogP contribution >= 0.6 is 11.6 Å². The van der Waals surface area contributed by atoms with Crippen LogP contribution in [0.1, 0.15) is 19.3 Å². The van der Waals surface area contributed by atoms with Gasteiger partial charge in [0.1, 0.15) is 16.5 Å². The van der Waals surface area contributed by atoms with E-state index in [2.05, 4.69) is 15.3 Å². The topological polar surface area (TPSA) is 75.1 Å². The van der Waals surface area contributed by atoms with Gasteiger partial charge in [0.05, 0.1) is 12.4 Å². The summed E-state index contributed by atoms with van der Waals surface area (Å²) in [5.74, 6) is -0.444. The average molecular weight is 228 g/mol. The molecular formula is C9H10ClN3O2. The van der Waals surface area contributed by atoms with Gasteiger partial charge < -0.3 is 10.4 Å². The van der Waals surface area contributed by atoms with Gasteiger partial charge in [0.2, 0.25) is 0 Å². The van der Waals surface area contributed by atoms with Crippen molar-refractivity contribution in [3.8, 4) is 0 Å². The van der Waals surface area contributed by atoms with Crippen LogP contribution in [0, 0.1) is 0 Å². The molecule has 0 bridgehead atoms. The van der Waals surface area contributed by atoms with E-state index in [1.807, 2.05) is 0 Å². The Morgan fingerprint density at radius 2 is 2.27 bits per heavy atom. The van der Waals surface area contributed by atoms with Gasteiger partial charge >= 0.3 is 5.97 Å². The first-order valence-corrected chi connectivity index (χ1v) is 4.99. The van der Waals surface area contributed by atoms with Gasteiger partial charge in [-0.15, -0.1) is 0 Å². The highest BCUT2D eigenvalue weighted by Crippen LogP contribution is 2.35. The van der Waals surface area contributed by atoms with Gasteiger partial charge in [0, 0.05) is 0 Å². The number of carboxylic acids is 1. The molecule has 0 aromatic carbocycles. The zero-order valence-electron chi connectivity index (χ0n) is 7.90. The summed E-state index contributed by atoms with van der Waals surface area (Å²) in [6, 6.07) is 0. The molecule has 1 aromatic heterocycles. The van der Waals surface area contributed by atoms with Crippen molar-refractivity contribution in [2.24, 2.45) is 0 Å². The minimum absolute atomic E-state index is 0.250. The molecule has 0 atom stereocenters. The van der Waals surface area contributed by atoms with Gasteiger partial charge in [-0.25, -0.2) is 9.78 Å². The lowest BCUT2D eigenvalue weighted by atomic mass is 9.77. The standard InChI is InChI=1S/C9H10ClN3O2/c10-6-4-11-5-7(12-6)13-9(8(14)15)2-1-3-9/h4-5H,1-3H2,(H,12,13)(H,14,15). The molecule has 15 heavy (non-hydrogen) atoms. The Morgan fingerprint density at radius 1 is 1.53 bits per heavy atom. The minimum atomic E-state index is -0.876. The molecule has 1 saturated carbocycles. The molecule has 0 spiro atoms. The second kappa shape index (κ2) is 3.66. The quantitative estimate of drug-likeness (QED) is 0.820. The number of anilines is 1. The molecule has 0 amide bonds. The molecule has 1 aromatic rings. The van der Waals surface area contributed by atoms with Crippen molar-refractivity contribution in [1.82, 2.24) is 9.97 Å². The SMILES string of the molecule is O=C(O)C1(Nc2cncc(Cl)n2)CCC1. The number of aromatic nitrogens is 2. The molecule has 2 N–H and O–H groups in total. The van der Waals surface area contributed by atoms with Crippen LogP contribution in [0.15, 0.2) is 12.4 Å². The summed E-state index contributed by atoms with van der Waals surface area (Å²) in [6.45, 7) is 0. The third-order valence-corrected chi connectivity index (χ3v) is 2.77. The molecule has 6 heteroatoms. The molecule has 80 valence electrons. The van der Waals surface area contributed by atoms with Crippen molar-refractivity contribution < 1.29 is 9.90 Å². The van der Waals surface area contributed by atoms with Gasteiger partial charge in [-0.05, 0) is 19.3 Å². The fourth-order valence-electron chi connectivity index (χ4n) is 1.57. The van der Waals surface area contributed by atoms with E-state index >= 15 is 0 Å². The van der Waals surface area contributed by atoms with E-state index in [0.717, 1.165) is 6.42 Å². The molecule has 0 unspecified atom stereocenters. The summed E-state index contributed by atoms with van der Waals surface area (Å²) in [6.07, 6.45) is 5.00. The third kappa shape index (κ3) is 1.87. The second-order valence-corrected chi connectivity index (χ2v) is 3.98. The molecule has 0 radical (unpaired) electrons. The maximum Gasteiger partial charge on any atom is 0.329 e. The van der Waals surface area contributed by atoms with Crippen molar-refractivity contribution in [1.29, 1.82) is 0 Å². The molecule has 0 saturated heterocycles. The predicted molar refractivity (Wildman–Crippen MR) is 54.9 cm³/mol. The van der Waals surface area contributed by atoms with Crippen molar-refractivity contribution in [3.05, 3.63) is 17.5 Å². The minimum Gasteiger partial charge on any atom is -0.480 e. The Labute approximate surface area is 91.5 Å². The van der Waals surface area contributed by atoms with E-state index in [9.17, 15) is 4.79 Å². The van der Waals surface area contributed by atoms with Crippen LogP contribution in [0.25, 0.3) is 0 Å². The molecule has 1 heterocycles. The third-order valence-electron chi connectivity index (χ3n) is 2.59. The largest absolute Gasteiger partial charge is 0.480 e. The maximum absolute atomic E-state index is 11.0. The highest BCUT2D eigenvalue weighted by molar-refractivity contribution is 6.29. The van der Waals surface area contributed by atoms with Gasteiger partial charge in [-0.1, -0.05) is 11.6 Å². The number of nitrogens with one attached hydrogen (secondary N) is 1. The number of rotatable bonds is 3. The van der Waals surface area contributed by atoms with Crippen LogP contribution in [0.2, 0.25) is 5.15 Å². The normalized spacial score (nSPS) is 17.9. The van der Waals surface area contributed by atoms with Crippen molar-refractivity contribution >= 4 is 23.4 Å². The highest BCUT2D eigenvalue weighted by atomic mass is 35.5. The Balaban J connectivity index is 2.17. The predicted octanol–water partition coefficient (Wildman–Crippen LogP) is 1.55. The first-order valence-electron chi connectivity index (χ1n) is 4.61. The van der Waals surface area contributed by atoms with E-state index in [-0.39, 0.29) is 5.15 Å². The van der Waals surface area contributed by atoms with Crippen molar-refractivity contribution in [2.45, 2.75) is 24.8 Å². The lowest BCUT2D eigenvalue weighted by Crippen LogP contribution is -2.52. The van der Waals surface area contributed by atoms with Crippen LogP contribution in [0.4, 0.5) is 5.82 Å². The summed E-state index contributed by atoms with van der Waals surface area (Å²) in [5.41, 5.74) is -0.876. The fourth-order valence-corrected chi connectivity index (χ4v) is 1.72. The number of aliphatic carboxylic acids is 1. The van der Waals surface area contributed by atoms with Crippen LogP contribution in [0.5, 0.6) is 0 Å². The number of carboxylic acid groups (broad SMARTS) is 1. The zero-order valence-corrected chi connectivity index (χ0v) is 8.66. The summed E-state index contributed by atoms with van der Waals surface area (Å²) in [7, 11) is 0. The monoisotopic (exact) mass is 227 g/mol. The summed E-state index contributed by atoms with van der Waals surface area (Å²) in [4.78, 5) is 18.8. The Hall–Kier alpha value is -1.36. The smallest absolute Gasteiger partial charge is 0.329 e. The van der Waals surface area contributed by atoms with E-state index < -0.39 is 11.5 Å². The number of nitrogens with zero attached hydrogens (tertiary/aromatic N) is 2. The molecule has 0 aliphatic heterocycles. The zero-order chi connectivity index (χ0) is 10.9. The molecular weight excluding hydrogens is 218 g/mol. The summed E-state index contributed by atoms with van der Waals surface area (Å²) in [5, 5.41) is 12.2. The number of hydrogen-bond acceptors (Lipinski definition) is 4. The van der Waals surface area contributed by atoms with E-state index in [1.54, 1.807) is 0 Å². The van der Waals surface area contributed by atoms with Crippen molar-refractivity contribution in [2.75, 3.05) is 5.32 Å². The van der Waals surface area contributed by atoms with Crippen LogP contribution in [-0.4, -0.2) is 26.6 Å². The van der Waals surface area contributed by atoms with Crippen LogP contribution in [0.3, 0.4) is 0 Å². The summed E-state index contributed by atoms with van der Waals surface area (Å²) >= 11 is 5.65. The van der Waals surface area contributed by atoms with E-state index in [0.29, 0.717) is 18.7 Å². The van der Waals surface area contributed by atoms with Gasteiger partial charge in [0.15, 0.2) is 0 Å². The lowest BCUT2D eigenvalue weighted by Gasteiger charge is -2.38. The Bertz CT molecular complexity index is 393. The average Bonchev–Trinajstić information content (AvgIpc) is 2.11. The molecule has 1 fully saturated rings. The highest BCUT2D eigenvalue weighted by Gasteiger charge is 2.44. The lowest BCUT2D eigenvalue weighted by molar-refractivity contribution is -0.145. The van der Waals surface area contributed by atoms with Gasteiger partial charge in [0.25, 0.3) is 0 Å². The van der Waals surface area contributed by atoms with Crippen LogP contribution in [-0.2, 0) is 4.79 Å². The summed E-state index contributed by atoms with van der Waals surface area (Å²) < 4.78 is 0. The Morgan fingerprint density at radius 3 is 2.73 bits per heavy atom. The molecule has 2 rings (SSSR count). The molecule has 1 aliphatic carbocycles. The van der Waals surface area contributed by atoms with Gasteiger partial charge in [-0.3, -0.25) is 4.98 Å². The molecule has 1 aliphatic rings. The second-order valence-electron chi connectivity index (χ2n) is 3.59. The number of halogens is 1. The Kier molecular flexibility index (Phi) is 2.48. The fraction of sp³-hybridized carbons (Fsp3) is 0.444. The maximum atomic E-state index is 11.0. The first-order chi connectivity index (χ1) is 7.12. The number of hydrogen-bond donors (Lipinski definition) is 2. The van der Waals surface area contributed by atoms with E-state index in [1.165, 1.54) is 12.4 Å².